The highest BCUT2D eigenvalue weighted by atomic mass is 32.2. The molecule has 0 amide bonds. The van der Waals surface area contributed by atoms with Gasteiger partial charge in [0.25, 0.3) is 0 Å². The van der Waals surface area contributed by atoms with Gasteiger partial charge in [0.2, 0.25) is 0 Å². The summed E-state index contributed by atoms with van der Waals surface area (Å²) in [6.07, 6.45) is 1.09. The number of hydrogen-bond donors (Lipinski definition) is 1. The Labute approximate surface area is 123 Å². The van der Waals surface area contributed by atoms with E-state index in [9.17, 15) is 0 Å². The van der Waals surface area contributed by atoms with E-state index in [2.05, 4.69) is 46.9 Å². The molecule has 1 N–H and O–H groups in total. The van der Waals surface area contributed by atoms with E-state index in [1.54, 1.807) is 11.3 Å². The van der Waals surface area contributed by atoms with E-state index >= 15 is 0 Å². The van der Waals surface area contributed by atoms with Gasteiger partial charge in [-0.1, -0.05) is 43.0 Å². The summed E-state index contributed by atoms with van der Waals surface area (Å²) < 4.78 is 1.16. The fraction of sp³-hybridized carbons (Fsp3) is 0.400. The third-order valence-corrected chi connectivity index (χ3v) is 5.34. The van der Waals surface area contributed by atoms with Crippen molar-refractivity contribution in [3.8, 4) is 0 Å². The molecule has 0 saturated carbocycles. The lowest BCUT2D eigenvalue weighted by Crippen LogP contribution is -2.18. The second kappa shape index (κ2) is 7.08. The fourth-order valence-electron chi connectivity index (χ4n) is 1.89. The summed E-state index contributed by atoms with van der Waals surface area (Å²) in [7, 11) is 2.02. The average Bonchev–Trinajstić information content (AvgIpc) is 2.86. The SMILES string of the molecule is CCc1ccc(C(CSc2nc(C)cs2)NC)cc1. The number of aryl methyl sites for hydroxylation is 2. The van der Waals surface area contributed by atoms with Crippen LogP contribution in [0, 0.1) is 6.92 Å². The van der Waals surface area contributed by atoms with Crippen LogP contribution in [-0.4, -0.2) is 17.8 Å². The molecule has 1 unspecified atom stereocenters. The van der Waals surface area contributed by atoms with Gasteiger partial charge in [0, 0.05) is 22.9 Å². The number of rotatable bonds is 6. The van der Waals surface area contributed by atoms with E-state index < -0.39 is 0 Å². The first-order chi connectivity index (χ1) is 9.22. The molecule has 0 fully saturated rings. The summed E-state index contributed by atoms with van der Waals surface area (Å²) in [6, 6.07) is 9.27. The zero-order valence-corrected chi connectivity index (χ0v) is 13.3. The van der Waals surface area contributed by atoms with Gasteiger partial charge in [-0.25, -0.2) is 4.98 Å². The van der Waals surface area contributed by atoms with Crippen molar-refractivity contribution in [1.29, 1.82) is 0 Å². The molecule has 1 aromatic carbocycles. The smallest absolute Gasteiger partial charge is 0.150 e. The Balaban J connectivity index is 1.98. The lowest BCUT2D eigenvalue weighted by Gasteiger charge is -2.16. The van der Waals surface area contributed by atoms with E-state index in [0.717, 1.165) is 22.2 Å². The first kappa shape index (κ1) is 14.6. The maximum Gasteiger partial charge on any atom is 0.150 e. The van der Waals surface area contributed by atoms with Crippen LogP contribution < -0.4 is 5.32 Å². The zero-order valence-electron chi connectivity index (χ0n) is 11.6. The molecule has 2 nitrogen and oxygen atoms in total. The molecular formula is C15H20N2S2. The number of thioether (sulfide) groups is 1. The van der Waals surface area contributed by atoms with Gasteiger partial charge in [-0.15, -0.1) is 11.3 Å². The number of hydrogen-bond acceptors (Lipinski definition) is 4. The monoisotopic (exact) mass is 292 g/mol. The van der Waals surface area contributed by atoms with Gasteiger partial charge < -0.3 is 5.32 Å². The Morgan fingerprint density at radius 2 is 2.05 bits per heavy atom. The summed E-state index contributed by atoms with van der Waals surface area (Å²) in [5.41, 5.74) is 3.85. The van der Waals surface area contributed by atoms with Crippen molar-refractivity contribution in [1.82, 2.24) is 10.3 Å². The Morgan fingerprint density at radius 3 is 2.58 bits per heavy atom. The lowest BCUT2D eigenvalue weighted by molar-refractivity contribution is 0.661. The summed E-state index contributed by atoms with van der Waals surface area (Å²) in [5.74, 6) is 1.01. The molecule has 1 aromatic heterocycles. The molecule has 4 heteroatoms. The van der Waals surface area contributed by atoms with Gasteiger partial charge in [0.1, 0.15) is 4.34 Å². The third kappa shape index (κ3) is 4.06. The molecule has 0 aliphatic rings. The maximum atomic E-state index is 4.49. The van der Waals surface area contributed by atoms with E-state index in [1.165, 1.54) is 11.1 Å². The minimum atomic E-state index is 0.375. The Hall–Kier alpha value is -0.840. The van der Waals surface area contributed by atoms with Crippen LogP contribution in [-0.2, 0) is 6.42 Å². The van der Waals surface area contributed by atoms with Gasteiger partial charge in [0.15, 0.2) is 0 Å². The Bertz CT molecular complexity index is 505. The molecule has 0 bridgehead atoms. The summed E-state index contributed by atoms with van der Waals surface area (Å²) in [6.45, 7) is 4.23. The van der Waals surface area contributed by atoms with Crippen LogP contribution in [0.5, 0.6) is 0 Å². The van der Waals surface area contributed by atoms with E-state index in [0.29, 0.717) is 6.04 Å². The van der Waals surface area contributed by atoms with Crippen molar-refractivity contribution in [3.05, 3.63) is 46.5 Å². The van der Waals surface area contributed by atoms with Crippen molar-refractivity contribution in [2.45, 2.75) is 30.6 Å². The van der Waals surface area contributed by atoms with Crippen molar-refractivity contribution in [2.75, 3.05) is 12.8 Å². The predicted octanol–water partition coefficient (Wildman–Crippen LogP) is 4.07. The Morgan fingerprint density at radius 1 is 1.32 bits per heavy atom. The quantitative estimate of drug-likeness (QED) is 0.813. The maximum absolute atomic E-state index is 4.49. The highest BCUT2D eigenvalue weighted by Crippen LogP contribution is 2.27. The molecule has 102 valence electrons. The molecule has 19 heavy (non-hydrogen) atoms. The number of aromatic nitrogens is 1. The van der Waals surface area contributed by atoms with Crippen molar-refractivity contribution < 1.29 is 0 Å². The number of thiazole rings is 1. The molecule has 2 rings (SSSR count). The molecule has 0 aliphatic heterocycles. The van der Waals surface area contributed by atoms with Gasteiger partial charge in [0.05, 0.1) is 0 Å². The number of nitrogens with one attached hydrogen (secondary N) is 1. The topological polar surface area (TPSA) is 24.9 Å². The van der Waals surface area contributed by atoms with Crippen LogP contribution in [0.15, 0.2) is 34.0 Å². The molecule has 1 atom stereocenters. The highest BCUT2D eigenvalue weighted by Gasteiger charge is 2.10. The number of nitrogens with zero attached hydrogens (tertiary/aromatic N) is 1. The zero-order chi connectivity index (χ0) is 13.7. The van der Waals surface area contributed by atoms with Crippen molar-refractivity contribution >= 4 is 23.1 Å². The minimum absolute atomic E-state index is 0.375. The fourth-order valence-corrected chi connectivity index (χ4v) is 3.90. The molecule has 1 heterocycles. The normalized spacial score (nSPS) is 12.6. The predicted molar refractivity (Wildman–Crippen MR) is 85.2 cm³/mol. The Kier molecular flexibility index (Phi) is 5.43. The number of benzene rings is 1. The van der Waals surface area contributed by atoms with Crippen LogP contribution in [0.25, 0.3) is 0 Å². The first-order valence-electron chi connectivity index (χ1n) is 6.54. The lowest BCUT2D eigenvalue weighted by atomic mass is 10.1. The largest absolute Gasteiger partial charge is 0.312 e. The standard InChI is InChI=1S/C15H20N2S2/c1-4-12-5-7-13(8-6-12)14(16-3)10-19-15-17-11(2)9-18-15/h5-9,14,16H,4,10H2,1-3H3. The molecule has 0 radical (unpaired) electrons. The molecule has 0 spiro atoms. The average molecular weight is 292 g/mol. The second-order valence-corrected chi connectivity index (χ2v) is 6.63. The molecule has 0 saturated heterocycles. The first-order valence-corrected chi connectivity index (χ1v) is 8.40. The van der Waals surface area contributed by atoms with Gasteiger partial charge in [-0.05, 0) is 31.5 Å². The highest BCUT2D eigenvalue weighted by molar-refractivity contribution is 8.01. The van der Waals surface area contributed by atoms with Crippen LogP contribution in [0.1, 0.15) is 29.8 Å². The molecule has 2 aromatic rings. The molecular weight excluding hydrogens is 272 g/mol. The van der Waals surface area contributed by atoms with E-state index in [4.69, 9.17) is 0 Å². The van der Waals surface area contributed by atoms with Gasteiger partial charge in [-0.2, -0.15) is 0 Å². The molecule has 0 aliphatic carbocycles. The van der Waals surface area contributed by atoms with E-state index in [-0.39, 0.29) is 0 Å². The van der Waals surface area contributed by atoms with Crippen LogP contribution >= 0.6 is 23.1 Å². The summed E-state index contributed by atoms with van der Waals surface area (Å²) >= 11 is 3.55. The van der Waals surface area contributed by atoms with Crippen LogP contribution in [0.3, 0.4) is 0 Å². The van der Waals surface area contributed by atoms with E-state index in [1.807, 2.05) is 25.7 Å². The van der Waals surface area contributed by atoms with Gasteiger partial charge in [-0.3, -0.25) is 0 Å². The van der Waals surface area contributed by atoms with Crippen molar-refractivity contribution in [3.63, 3.8) is 0 Å². The van der Waals surface area contributed by atoms with Gasteiger partial charge >= 0.3 is 0 Å². The summed E-state index contributed by atoms with van der Waals surface area (Å²) in [4.78, 5) is 4.49. The van der Waals surface area contributed by atoms with Crippen molar-refractivity contribution in [2.24, 2.45) is 0 Å². The summed E-state index contributed by atoms with van der Waals surface area (Å²) in [5, 5.41) is 5.49. The third-order valence-electron chi connectivity index (χ3n) is 3.11. The minimum Gasteiger partial charge on any atom is -0.312 e. The van der Waals surface area contributed by atoms with Crippen LogP contribution in [0.2, 0.25) is 0 Å². The van der Waals surface area contributed by atoms with Crippen LogP contribution in [0.4, 0.5) is 0 Å². The second-order valence-electron chi connectivity index (χ2n) is 4.50.